The molecule has 94 valence electrons. The fraction of sp³-hybridized carbons (Fsp3) is 0.583. The lowest BCUT2D eigenvalue weighted by Crippen LogP contribution is -2.34. The minimum Gasteiger partial charge on any atom is -0.477 e. The Morgan fingerprint density at radius 2 is 2.35 bits per heavy atom. The summed E-state index contributed by atoms with van der Waals surface area (Å²) in [5.74, 6) is -0.353. The van der Waals surface area contributed by atoms with Crippen LogP contribution in [0.3, 0.4) is 0 Å². The first-order valence-electron chi connectivity index (χ1n) is 5.78. The molecule has 0 radical (unpaired) electrons. The molecule has 0 aromatic carbocycles. The van der Waals surface area contributed by atoms with Crippen molar-refractivity contribution in [1.82, 2.24) is 4.90 Å². The molecule has 1 aromatic rings. The highest BCUT2D eigenvalue weighted by atomic mass is 32.1. The molecular formula is C12H17NO3S. The Kier molecular flexibility index (Phi) is 3.81. The highest BCUT2D eigenvalue weighted by Crippen LogP contribution is 2.27. The SMILES string of the molecule is CC1CCN(Cc2ccc(C(=O)O)s2)C1CO. The predicted molar refractivity (Wildman–Crippen MR) is 66.3 cm³/mol. The predicted octanol–water partition coefficient (Wildman–Crippen LogP) is 1.65. The lowest BCUT2D eigenvalue weighted by atomic mass is 10.0. The number of carboxylic acid groups (broad SMARTS) is 1. The van der Waals surface area contributed by atoms with E-state index >= 15 is 0 Å². The van der Waals surface area contributed by atoms with Gasteiger partial charge in [-0.05, 0) is 31.0 Å². The van der Waals surface area contributed by atoms with Crippen LogP contribution in [-0.2, 0) is 6.54 Å². The van der Waals surface area contributed by atoms with Gasteiger partial charge in [-0.3, -0.25) is 4.90 Å². The molecule has 1 saturated heterocycles. The molecule has 2 atom stereocenters. The Hall–Kier alpha value is -0.910. The van der Waals surface area contributed by atoms with Crippen molar-refractivity contribution in [2.75, 3.05) is 13.2 Å². The van der Waals surface area contributed by atoms with E-state index in [-0.39, 0.29) is 12.6 Å². The number of carbonyl (C=O) groups is 1. The zero-order chi connectivity index (χ0) is 12.4. The number of likely N-dealkylation sites (tertiary alicyclic amines) is 1. The fourth-order valence-corrected chi connectivity index (χ4v) is 3.23. The van der Waals surface area contributed by atoms with Gasteiger partial charge in [0.1, 0.15) is 4.88 Å². The molecule has 1 aliphatic rings. The van der Waals surface area contributed by atoms with E-state index in [2.05, 4.69) is 11.8 Å². The van der Waals surface area contributed by atoms with Gasteiger partial charge in [0.2, 0.25) is 0 Å². The molecule has 1 aromatic heterocycles. The maximum Gasteiger partial charge on any atom is 0.345 e. The van der Waals surface area contributed by atoms with Crippen molar-refractivity contribution in [3.63, 3.8) is 0 Å². The topological polar surface area (TPSA) is 60.8 Å². The van der Waals surface area contributed by atoms with Crippen molar-refractivity contribution in [3.8, 4) is 0 Å². The summed E-state index contributed by atoms with van der Waals surface area (Å²) >= 11 is 1.32. The van der Waals surface area contributed by atoms with Gasteiger partial charge in [0.05, 0.1) is 6.61 Å². The zero-order valence-corrected chi connectivity index (χ0v) is 10.6. The van der Waals surface area contributed by atoms with E-state index in [1.165, 1.54) is 11.3 Å². The number of hydrogen-bond donors (Lipinski definition) is 2. The van der Waals surface area contributed by atoms with Gasteiger partial charge in [0.15, 0.2) is 0 Å². The number of aliphatic hydroxyl groups is 1. The van der Waals surface area contributed by atoms with Gasteiger partial charge >= 0.3 is 5.97 Å². The number of rotatable bonds is 4. The Labute approximate surface area is 104 Å². The van der Waals surface area contributed by atoms with Crippen LogP contribution in [0.2, 0.25) is 0 Å². The van der Waals surface area contributed by atoms with Gasteiger partial charge in [0, 0.05) is 17.5 Å². The van der Waals surface area contributed by atoms with Crippen LogP contribution in [0.15, 0.2) is 12.1 Å². The first-order valence-corrected chi connectivity index (χ1v) is 6.60. The van der Waals surface area contributed by atoms with Crippen LogP contribution in [0.4, 0.5) is 0 Å². The summed E-state index contributed by atoms with van der Waals surface area (Å²) in [6.07, 6.45) is 1.10. The Morgan fingerprint density at radius 1 is 1.59 bits per heavy atom. The molecule has 2 unspecified atom stereocenters. The quantitative estimate of drug-likeness (QED) is 0.859. The average Bonchev–Trinajstić information content (AvgIpc) is 2.87. The first-order chi connectivity index (χ1) is 8.11. The van der Waals surface area contributed by atoms with Crippen molar-refractivity contribution in [3.05, 3.63) is 21.9 Å². The highest BCUT2D eigenvalue weighted by Gasteiger charge is 2.30. The summed E-state index contributed by atoms with van der Waals surface area (Å²) in [6, 6.07) is 3.73. The third-order valence-corrected chi connectivity index (χ3v) is 4.47. The number of thiophene rings is 1. The van der Waals surface area contributed by atoms with Crippen LogP contribution < -0.4 is 0 Å². The number of aromatic carboxylic acids is 1. The van der Waals surface area contributed by atoms with Gasteiger partial charge in [-0.25, -0.2) is 4.79 Å². The van der Waals surface area contributed by atoms with Crippen molar-refractivity contribution >= 4 is 17.3 Å². The van der Waals surface area contributed by atoms with E-state index in [0.717, 1.165) is 24.4 Å². The van der Waals surface area contributed by atoms with E-state index in [1.54, 1.807) is 6.07 Å². The molecule has 4 nitrogen and oxygen atoms in total. The van der Waals surface area contributed by atoms with Gasteiger partial charge in [-0.15, -0.1) is 11.3 Å². The zero-order valence-electron chi connectivity index (χ0n) is 9.80. The second kappa shape index (κ2) is 5.16. The Morgan fingerprint density at radius 3 is 2.94 bits per heavy atom. The minimum absolute atomic E-state index is 0.179. The van der Waals surface area contributed by atoms with Crippen LogP contribution >= 0.6 is 11.3 Å². The molecule has 0 bridgehead atoms. The third-order valence-electron chi connectivity index (χ3n) is 3.42. The molecule has 1 aliphatic heterocycles. The molecular weight excluding hydrogens is 238 g/mol. The van der Waals surface area contributed by atoms with Crippen molar-refractivity contribution in [1.29, 1.82) is 0 Å². The number of hydrogen-bond acceptors (Lipinski definition) is 4. The van der Waals surface area contributed by atoms with Crippen LogP contribution in [0.1, 0.15) is 27.9 Å². The van der Waals surface area contributed by atoms with Crippen LogP contribution in [-0.4, -0.2) is 40.3 Å². The smallest absolute Gasteiger partial charge is 0.345 e. The molecule has 0 aliphatic carbocycles. The van der Waals surface area contributed by atoms with E-state index in [4.69, 9.17) is 5.11 Å². The standard InChI is InChI=1S/C12H17NO3S/c1-8-4-5-13(10(8)7-14)6-9-2-3-11(17-9)12(15)16/h2-3,8,10,14H,4-7H2,1H3,(H,15,16). The highest BCUT2D eigenvalue weighted by molar-refractivity contribution is 7.13. The number of aliphatic hydroxyl groups excluding tert-OH is 1. The van der Waals surface area contributed by atoms with Gasteiger partial charge in [0.25, 0.3) is 0 Å². The molecule has 17 heavy (non-hydrogen) atoms. The molecule has 1 fully saturated rings. The van der Waals surface area contributed by atoms with E-state index < -0.39 is 5.97 Å². The molecule has 0 amide bonds. The Bertz CT molecular complexity index is 404. The van der Waals surface area contributed by atoms with Crippen molar-refractivity contribution < 1.29 is 15.0 Å². The lowest BCUT2D eigenvalue weighted by Gasteiger charge is -2.24. The van der Waals surface area contributed by atoms with E-state index in [1.807, 2.05) is 6.07 Å². The normalized spacial score (nSPS) is 25.3. The largest absolute Gasteiger partial charge is 0.477 e. The van der Waals surface area contributed by atoms with Crippen LogP contribution in [0.5, 0.6) is 0 Å². The van der Waals surface area contributed by atoms with Crippen molar-refractivity contribution in [2.24, 2.45) is 5.92 Å². The van der Waals surface area contributed by atoms with E-state index in [9.17, 15) is 9.90 Å². The molecule has 2 rings (SSSR count). The molecule has 0 saturated carbocycles. The third kappa shape index (κ3) is 2.68. The molecule has 0 spiro atoms. The minimum atomic E-state index is -0.866. The Balaban J connectivity index is 2.02. The second-order valence-corrected chi connectivity index (χ2v) is 5.73. The van der Waals surface area contributed by atoms with Gasteiger partial charge < -0.3 is 10.2 Å². The maximum absolute atomic E-state index is 10.8. The summed E-state index contributed by atoms with van der Waals surface area (Å²) < 4.78 is 0. The summed E-state index contributed by atoms with van der Waals surface area (Å²) in [7, 11) is 0. The van der Waals surface area contributed by atoms with Gasteiger partial charge in [-0.2, -0.15) is 0 Å². The van der Waals surface area contributed by atoms with Crippen LogP contribution in [0.25, 0.3) is 0 Å². The summed E-state index contributed by atoms with van der Waals surface area (Å²) in [4.78, 5) is 14.5. The second-order valence-electron chi connectivity index (χ2n) is 4.56. The maximum atomic E-state index is 10.8. The molecule has 5 heteroatoms. The first kappa shape index (κ1) is 12.5. The summed E-state index contributed by atoms with van der Waals surface area (Å²) in [5, 5.41) is 18.2. The molecule has 2 heterocycles. The fourth-order valence-electron chi connectivity index (χ4n) is 2.36. The summed E-state index contributed by atoms with van der Waals surface area (Å²) in [5.41, 5.74) is 0. The monoisotopic (exact) mass is 255 g/mol. The summed E-state index contributed by atoms with van der Waals surface area (Å²) in [6.45, 7) is 4.05. The molecule has 2 N–H and O–H groups in total. The lowest BCUT2D eigenvalue weighted by molar-refractivity contribution is 0.0702. The average molecular weight is 255 g/mol. The number of nitrogens with zero attached hydrogens (tertiary/aromatic N) is 1. The van der Waals surface area contributed by atoms with Crippen LogP contribution in [0, 0.1) is 5.92 Å². The van der Waals surface area contributed by atoms with E-state index in [0.29, 0.717) is 10.8 Å². The number of carboxylic acids is 1. The van der Waals surface area contributed by atoms with Crippen molar-refractivity contribution in [2.45, 2.75) is 25.9 Å². The van der Waals surface area contributed by atoms with Gasteiger partial charge in [-0.1, -0.05) is 6.92 Å².